The molecule has 0 fully saturated rings. The maximum Gasteiger partial charge on any atom is 0.0753 e. The van der Waals surface area contributed by atoms with Gasteiger partial charge in [0.15, 0.2) is 0 Å². The fourth-order valence-corrected chi connectivity index (χ4v) is 3.94. The van der Waals surface area contributed by atoms with E-state index in [-0.39, 0.29) is 0 Å². The number of unbranched alkanes of at least 4 members (excludes halogenated alkanes) is 16. The first kappa shape index (κ1) is 26.2. The van der Waals surface area contributed by atoms with Gasteiger partial charge < -0.3 is 5.32 Å². The van der Waals surface area contributed by atoms with Gasteiger partial charge in [0.1, 0.15) is 0 Å². The quantitative estimate of drug-likeness (QED) is 0.153. The van der Waals surface area contributed by atoms with E-state index in [0.717, 1.165) is 23.7 Å². The van der Waals surface area contributed by atoms with Gasteiger partial charge >= 0.3 is 0 Å². The molecule has 0 aromatic rings. The first-order valence-electron chi connectivity index (χ1n) is 11.6. The summed E-state index contributed by atoms with van der Waals surface area (Å²) in [6, 6.07) is 0. The molecule has 0 rings (SSSR count). The average Bonchev–Trinajstić information content (AvgIpc) is 2.64. The Labute approximate surface area is 175 Å². The number of rotatable bonds is 21. The maximum absolute atomic E-state index is 5.36. The number of hydrogen-bond donors (Lipinski definition) is 1. The van der Waals surface area contributed by atoms with Crippen LogP contribution in [-0.4, -0.2) is 23.5 Å². The van der Waals surface area contributed by atoms with E-state index in [1.807, 2.05) is 11.8 Å². The summed E-state index contributed by atoms with van der Waals surface area (Å²) in [5.74, 6) is 1.15. The van der Waals surface area contributed by atoms with Gasteiger partial charge in [-0.15, -0.1) is 0 Å². The third kappa shape index (κ3) is 22.3. The summed E-state index contributed by atoms with van der Waals surface area (Å²) < 4.78 is 0. The third-order valence-corrected chi connectivity index (χ3v) is 6.10. The molecule has 1 nitrogen and oxygen atoms in total. The summed E-state index contributed by atoms with van der Waals surface area (Å²) in [5.41, 5.74) is 0. The Morgan fingerprint density at radius 2 is 1.04 bits per heavy atom. The molecule has 0 bridgehead atoms. The Morgan fingerprint density at radius 3 is 1.42 bits per heavy atom. The zero-order chi connectivity index (χ0) is 19.1. The van der Waals surface area contributed by atoms with Crippen molar-refractivity contribution in [2.45, 2.75) is 122 Å². The van der Waals surface area contributed by atoms with E-state index < -0.39 is 0 Å². The summed E-state index contributed by atoms with van der Waals surface area (Å²) in [7, 11) is 0. The maximum atomic E-state index is 5.36. The van der Waals surface area contributed by atoms with Gasteiger partial charge in [0, 0.05) is 12.3 Å². The van der Waals surface area contributed by atoms with Gasteiger partial charge in [-0.1, -0.05) is 122 Å². The van der Waals surface area contributed by atoms with Crippen molar-refractivity contribution in [3.63, 3.8) is 0 Å². The van der Waals surface area contributed by atoms with E-state index in [2.05, 4.69) is 18.5 Å². The Bertz CT molecular complexity index is 281. The van der Waals surface area contributed by atoms with Gasteiger partial charge in [0.05, 0.1) is 4.99 Å². The minimum atomic E-state index is 1.03. The van der Waals surface area contributed by atoms with Crippen molar-refractivity contribution >= 4 is 29.0 Å². The Balaban J connectivity index is 3.06. The second kappa shape index (κ2) is 23.3. The second-order valence-electron chi connectivity index (χ2n) is 7.75. The predicted molar refractivity (Wildman–Crippen MR) is 128 cm³/mol. The molecule has 0 amide bonds. The molecule has 0 aromatic carbocycles. The van der Waals surface area contributed by atoms with Crippen LogP contribution >= 0.6 is 24.0 Å². The van der Waals surface area contributed by atoms with Gasteiger partial charge in [0.2, 0.25) is 0 Å². The van der Waals surface area contributed by atoms with Crippen LogP contribution in [0.25, 0.3) is 0 Å². The van der Waals surface area contributed by atoms with Crippen molar-refractivity contribution in [2.24, 2.45) is 0 Å². The van der Waals surface area contributed by atoms with Crippen LogP contribution in [0, 0.1) is 0 Å². The number of thiocarbonyl (C=S) groups is 1. The summed E-state index contributed by atoms with van der Waals surface area (Å²) >= 11 is 7.23. The number of thioether (sulfide) groups is 1. The van der Waals surface area contributed by atoms with Gasteiger partial charge in [0.25, 0.3) is 0 Å². The minimum Gasteiger partial charge on any atom is -0.379 e. The lowest BCUT2D eigenvalue weighted by Crippen LogP contribution is -2.23. The smallest absolute Gasteiger partial charge is 0.0753 e. The van der Waals surface area contributed by atoms with E-state index in [4.69, 9.17) is 12.2 Å². The van der Waals surface area contributed by atoms with Crippen LogP contribution in [0.15, 0.2) is 0 Å². The van der Waals surface area contributed by atoms with Crippen LogP contribution in [0.5, 0.6) is 0 Å². The second-order valence-corrected chi connectivity index (χ2v) is 9.23. The van der Waals surface area contributed by atoms with Gasteiger partial charge in [-0.3, -0.25) is 0 Å². The zero-order valence-electron chi connectivity index (χ0n) is 18.0. The lowest BCUT2D eigenvalue weighted by molar-refractivity contribution is 0.528. The molecule has 0 aliphatic heterocycles. The summed E-state index contributed by atoms with van der Waals surface area (Å²) in [6.45, 7) is 3.32. The molecule has 0 aliphatic rings. The SMILES string of the molecule is CCCCCCCCCCCCCCCCCCCC(=S)NCCSC. The van der Waals surface area contributed by atoms with Crippen LogP contribution in [-0.2, 0) is 0 Å². The molecule has 0 radical (unpaired) electrons. The van der Waals surface area contributed by atoms with Crippen LogP contribution in [0.4, 0.5) is 0 Å². The van der Waals surface area contributed by atoms with Gasteiger partial charge in [-0.2, -0.15) is 11.8 Å². The molecule has 156 valence electrons. The Morgan fingerprint density at radius 1 is 0.654 bits per heavy atom. The van der Waals surface area contributed by atoms with Gasteiger partial charge in [-0.05, 0) is 19.1 Å². The van der Waals surface area contributed by atoms with E-state index >= 15 is 0 Å². The molecule has 0 saturated carbocycles. The van der Waals surface area contributed by atoms with Crippen LogP contribution in [0.2, 0.25) is 0 Å². The van der Waals surface area contributed by atoms with E-state index in [0.29, 0.717) is 0 Å². The van der Waals surface area contributed by atoms with Crippen molar-refractivity contribution in [3.8, 4) is 0 Å². The van der Waals surface area contributed by atoms with Crippen molar-refractivity contribution in [2.75, 3.05) is 18.6 Å². The highest BCUT2D eigenvalue weighted by molar-refractivity contribution is 7.98. The van der Waals surface area contributed by atoms with E-state index in [1.54, 1.807) is 0 Å². The highest BCUT2D eigenvalue weighted by Crippen LogP contribution is 2.14. The predicted octanol–water partition coefficient (Wildman–Crippen LogP) is 8.31. The molecule has 0 heterocycles. The van der Waals surface area contributed by atoms with Gasteiger partial charge in [-0.25, -0.2) is 0 Å². The standard InChI is InChI=1S/C23H47NS2/c1-3-4-5-6-7-8-9-10-11-12-13-14-15-16-17-18-19-20-23(25)24-21-22-26-2/h3-22H2,1-2H3,(H,24,25). The molecular weight excluding hydrogens is 354 g/mol. The van der Waals surface area contributed by atoms with Crippen molar-refractivity contribution in [1.82, 2.24) is 5.32 Å². The first-order valence-corrected chi connectivity index (χ1v) is 13.4. The molecule has 26 heavy (non-hydrogen) atoms. The zero-order valence-corrected chi connectivity index (χ0v) is 19.6. The topological polar surface area (TPSA) is 12.0 Å². The Kier molecular flexibility index (Phi) is 23.5. The van der Waals surface area contributed by atoms with Crippen molar-refractivity contribution in [3.05, 3.63) is 0 Å². The fourth-order valence-electron chi connectivity index (χ4n) is 3.39. The largest absolute Gasteiger partial charge is 0.379 e. The average molecular weight is 402 g/mol. The molecule has 3 heteroatoms. The van der Waals surface area contributed by atoms with Crippen molar-refractivity contribution in [1.29, 1.82) is 0 Å². The summed E-state index contributed by atoms with van der Waals surface area (Å²) in [6.07, 6.45) is 27.5. The lowest BCUT2D eigenvalue weighted by atomic mass is 10.0. The monoisotopic (exact) mass is 401 g/mol. The summed E-state index contributed by atoms with van der Waals surface area (Å²) in [4.78, 5) is 1.07. The molecule has 0 unspecified atom stereocenters. The molecular formula is C23H47NS2. The van der Waals surface area contributed by atoms with E-state index in [1.165, 1.54) is 109 Å². The number of nitrogens with one attached hydrogen (secondary N) is 1. The highest BCUT2D eigenvalue weighted by atomic mass is 32.2. The third-order valence-electron chi connectivity index (χ3n) is 5.14. The molecule has 1 N–H and O–H groups in total. The first-order chi connectivity index (χ1) is 12.8. The molecule has 0 aromatic heterocycles. The molecule has 0 aliphatic carbocycles. The Hall–Kier alpha value is 0.240. The fraction of sp³-hybridized carbons (Fsp3) is 0.957. The lowest BCUT2D eigenvalue weighted by Gasteiger charge is -2.07. The normalized spacial score (nSPS) is 11.0. The molecule has 0 atom stereocenters. The van der Waals surface area contributed by atoms with E-state index in [9.17, 15) is 0 Å². The molecule has 0 saturated heterocycles. The molecule has 0 spiro atoms. The highest BCUT2D eigenvalue weighted by Gasteiger charge is 1.97. The van der Waals surface area contributed by atoms with Crippen LogP contribution in [0.1, 0.15) is 122 Å². The van der Waals surface area contributed by atoms with Crippen LogP contribution < -0.4 is 5.32 Å². The minimum absolute atomic E-state index is 1.03. The van der Waals surface area contributed by atoms with Crippen LogP contribution in [0.3, 0.4) is 0 Å². The summed E-state index contributed by atoms with van der Waals surface area (Å²) in [5, 5.41) is 3.35. The number of hydrogen-bond acceptors (Lipinski definition) is 2. The van der Waals surface area contributed by atoms with Crippen molar-refractivity contribution < 1.29 is 0 Å².